The second-order valence-electron chi connectivity index (χ2n) is 7.57. The highest BCUT2D eigenvalue weighted by molar-refractivity contribution is 5.97. The van der Waals surface area contributed by atoms with E-state index >= 15 is 0 Å². The SMILES string of the molecule is CN1CCN(c2ccc(C3=CN(c4ccccc4)C4NCNC(=O)C34)cc2)C1=O. The van der Waals surface area contributed by atoms with Crippen molar-refractivity contribution in [2.75, 3.05) is 36.6 Å². The molecule has 2 aromatic rings. The van der Waals surface area contributed by atoms with Crippen LogP contribution in [-0.4, -0.2) is 49.8 Å². The first-order valence-electron chi connectivity index (χ1n) is 9.83. The summed E-state index contributed by atoms with van der Waals surface area (Å²) in [5.74, 6) is -0.270. The number of nitrogens with one attached hydrogen (secondary N) is 2. The van der Waals surface area contributed by atoms with E-state index in [9.17, 15) is 9.59 Å². The summed E-state index contributed by atoms with van der Waals surface area (Å²) >= 11 is 0. The van der Waals surface area contributed by atoms with E-state index in [1.165, 1.54) is 0 Å². The molecule has 3 amide bonds. The molecule has 0 bridgehead atoms. The van der Waals surface area contributed by atoms with Gasteiger partial charge in [0.15, 0.2) is 0 Å². The number of hydrogen-bond acceptors (Lipinski definition) is 4. The molecule has 0 aromatic heterocycles. The predicted molar refractivity (Wildman–Crippen MR) is 112 cm³/mol. The molecule has 2 atom stereocenters. The van der Waals surface area contributed by atoms with Crippen LogP contribution in [0.2, 0.25) is 0 Å². The van der Waals surface area contributed by atoms with Gasteiger partial charge in [-0.25, -0.2) is 4.79 Å². The van der Waals surface area contributed by atoms with Crippen molar-refractivity contribution in [3.63, 3.8) is 0 Å². The highest BCUT2D eigenvalue weighted by Gasteiger charge is 2.43. The molecule has 7 heteroatoms. The molecule has 3 aliphatic rings. The standard InChI is InChI=1S/C22H23N5O2/c1-25-11-12-26(22(25)29)17-9-7-15(8-10-17)18-13-27(16-5-3-2-4-6-16)20-19(18)21(28)24-14-23-20/h2-10,13,19-20,23H,11-12,14H2,1H3,(H,24,28). The van der Waals surface area contributed by atoms with Crippen molar-refractivity contribution in [3.05, 3.63) is 66.4 Å². The summed E-state index contributed by atoms with van der Waals surface area (Å²) in [7, 11) is 1.81. The third-order valence-electron chi connectivity index (χ3n) is 5.87. The van der Waals surface area contributed by atoms with E-state index in [-0.39, 0.29) is 24.0 Å². The summed E-state index contributed by atoms with van der Waals surface area (Å²) in [6, 6.07) is 18.0. The number of urea groups is 1. The highest BCUT2D eigenvalue weighted by atomic mass is 16.2. The Balaban J connectivity index is 1.48. The monoisotopic (exact) mass is 389 g/mol. The Morgan fingerprint density at radius 3 is 2.38 bits per heavy atom. The third kappa shape index (κ3) is 2.94. The molecule has 148 valence electrons. The normalized spacial score (nSPS) is 23.9. The molecule has 0 radical (unpaired) electrons. The maximum Gasteiger partial charge on any atom is 0.324 e. The summed E-state index contributed by atoms with van der Waals surface area (Å²) in [5, 5.41) is 6.33. The van der Waals surface area contributed by atoms with Crippen LogP contribution in [-0.2, 0) is 4.79 Å². The molecule has 5 rings (SSSR count). The maximum atomic E-state index is 12.7. The number of rotatable bonds is 3. The van der Waals surface area contributed by atoms with Crippen LogP contribution in [0.25, 0.3) is 5.57 Å². The fourth-order valence-electron chi connectivity index (χ4n) is 4.30. The predicted octanol–water partition coefficient (Wildman–Crippen LogP) is 2.04. The number of nitrogens with zero attached hydrogens (tertiary/aromatic N) is 3. The molecule has 2 unspecified atom stereocenters. The lowest BCUT2D eigenvalue weighted by atomic mass is 9.91. The number of fused-ring (bicyclic) bond motifs is 1. The topological polar surface area (TPSA) is 67.9 Å². The molecule has 0 spiro atoms. The van der Waals surface area contributed by atoms with Gasteiger partial charge in [0.1, 0.15) is 6.17 Å². The van der Waals surface area contributed by atoms with Gasteiger partial charge in [0.25, 0.3) is 0 Å². The van der Waals surface area contributed by atoms with Crippen molar-refractivity contribution < 1.29 is 9.59 Å². The molecule has 29 heavy (non-hydrogen) atoms. The number of carbonyl (C=O) groups is 2. The zero-order valence-corrected chi connectivity index (χ0v) is 16.2. The number of likely N-dealkylation sites (N-methyl/N-ethyl adjacent to an activating group) is 1. The maximum absolute atomic E-state index is 12.7. The number of amides is 3. The number of carbonyl (C=O) groups excluding carboxylic acids is 2. The van der Waals surface area contributed by atoms with E-state index in [0.717, 1.165) is 29.1 Å². The van der Waals surface area contributed by atoms with Crippen LogP contribution in [0.3, 0.4) is 0 Å². The lowest BCUT2D eigenvalue weighted by molar-refractivity contribution is -0.125. The Kier molecular flexibility index (Phi) is 4.24. The minimum atomic E-state index is -0.297. The smallest absolute Gasteiger partial charge is 0.324 e. The fourth-order valence-corrected chi connectivity index (χ4v) is 4.30. The minimum Gasteiger partial charge on any atom is -0.343 e. The van der Waals surface area contributed by atoms with Crippen LogP contribution < -0.4 is 20.4 Å². The van der Waals surface area contributed by atoms with Gasteiger partial charge in [-0.2, -0.15) is 0 Å². The van der Waals surface area contributed by atoms with Gasteiger partial charge in [-0.3, -0.25) is 15.0 Å². The van der Waals surface area contributed by atoms with Crippen LogP contribution in [0, 0.1) is 5.92 Å². The van der Waals surface area contributed by atoms with Crippen LogP contribution >= 0.6 is 0 Å². The molecule has 0 aliphatic carbocycles. The summed E-state index contributed by atoms with van der Waals surface area (Å²) < 4.78 is 0. The number of hydrogen-bond donors (Lipinski definition) is 2. The van der Waals surface area contributed by atoms with Crippen molar-refractivity contribution >= 4 is 28.9 Å². The Morgan fingerprint density at radius 2 is 1.69 bits per heavy atom. The van der Waals surface area contributed by atoms with E-state index in [2.05, 4.69) is 21.7 Å². The lowest BCUT2D eigenvalue weighted by Gasteiger charge is -2.34. The minimum absolute atomic E-state index is 0.0176. The van der Waals surface area contributed by atoms with Gasteiger partial charge < -0.3 is 15.1 Å². The molecule has 2 fully saturated rings. The number of benzene rings is 2. The van der Waals surface area contributed by atoms with Crippen molar-refractivity contribution in [2.24, 2.45) is 5.92 Å². The molecular weight excluding hydrogens is 366 g/mol. The van der Waals surface area contributed by atoms with Gasteiger partial charge in [0.2, 0.25) is 5.91 Å². The third-order valence-corrected chi connectivity index (χ3v) is 5.87. The van der Waals surface area contributed by atoms with Crippen molar-refractivity contribution in [3.8, 4) is 0 Å². The first-order valence-corrected chi connectivity index (χ1v) is 9.83. The second kappa shape index (κ2) is 6.93. The van der Waals surface area contributed by atoms with Gasteiger partial charge in [0, 0.05) is 37.7 Å². The van der Waals surface area contributed by atoms with Crippen molar-refractivity contribution in [1.29, 1.82) is 0 Å². The quantitative estimate of drug-likeness (QED) is 0.843. The Morgan fingerprint density at radius 1 is 0.931 bits per heavy atom. The second-order valence-corrected chi connectivity index (χ2v) is 7.57. The average molecular weight is 389 g/mol. The van der Waals surface area contributed by atoms with E-state index in [1.807, 2.05) is 61.6 Å². The zero-order valence-electron chi connectivity index (χ0n) is 16.2. The fraction of sp³-hybridized carbons (Fsp3) is 0.273. The molecule has 2 N–H and O–H groups in total. The molecule has 7 nitrogen and oxygen atoms in total. The van der Waals surface area contributed by atoms with Crippen LogP contribution in [0.15, 0.2) is 60.8 Å². The van der Waals surface area contributed by atoms with Gasteiger partial charge in [-0.15, -0.1) is 0 Å². The molecule has 2 aromatic carbocycles. The highest BCUT2D eigenvalue weighted by Crippen LogP contribution is 2.39. The summed E-state index contributed by atoms with van der Waals surface area (Å²) in [6.07, 6.45) is 1.95. The van der Waals surface area contributed by atoms with Gasteiger partial charge >= 0.3 is 6.03 Å². The van der Waals surface area contributed by atoms with Crippen LogP contribution in [0.4, 0.5) is 16.2 Å². The largest absolute Gasteiger partial charge is 0.343 e. The van der Waals surface area contributed by atoms with Gasteiger partial charge in [-0.05, 0) is 35.4 Å². The first kappa shape index (κ1) is 17.8. The molecule has 3 aliphatic heterocycles. The Labute approximate surface area is 169 Å². The van der Waals surface area contributed by atoms with Crippen LogP contribution in [0.5, 0.6) is 0 Å². The summed E-state index contributed by atoms with van der Waals surface area (Å²) in [4.78, 5) is 30.6. The Bertz CT molecular complexity index is 972. The molecule has 2 saturated heterocycles. The first-order chi connectivity index (χ1) is 14.1. The summed E-state index contributed by atoms with van der Waals surface area (Å²) in [5.41, 5.74) is 3.88. The molecular formula is C22H23N5O2. The molecule has 3 heterocycles. The summed E-state index contributed by atoms with van der Waals surface area (Å²) in [6.45, 7) is 1.87. The number of anilines is 2. The Hall–Kier alpha value is -3.32. The van der Waals surface area contributed by atoms with Crippen molar-refractivity contribution in [1.82, 2.24) is 15.5 Å². The lowest BCUT2D eigenvalue weighted by Crippen LogP contribution is -2.58. The number of para-hydroxylation sites is 1. The van der Waals surface area contributed by atoms with E-state index in [0.29, 0.717) is 13.2 Å². The zero-order chi connectivity index (χ0) is 20.0. The van der Waals surface area contributed by atoms with Crippen LogP contribution in [0.1, 0.15) is 5.56 Å². The van der Waals surface area contributed by atoms with Crippen molar-refractivity contribution in [2.45, 2.75) is 6.17 Å². The van der Waals surface area contributed by atoms with Gasteiger partial charge in [-0.1, -0.05) is 30.3 Å². The van der Waals surface area contributed by atoms with E-state index < -0.39 is 0 Å². The van der Waals surface area contributed by atoms with E-state index in [4.69, 9.17) is 0 Å². The average Bonchev–Trinajstić information content (AvgIpc) is 3.31. The van der Waals surface area contributed by atoms with E-state index in [1.54, 1.807) is 9.80 Å². The van der Waals surface area contributed by atoms with Gasteiger partial charge in [0.05, 0.1) is 12.6 Å². The molecule has 0 saturated carbocycles.